The Morgan fingerprint density at radius 3 is 2.45 bits per heavy atom. The lowest BCUT2D eigenvalue weighted by atomic mass is 9.82. The Balaban J connectivity index is 2.27. The van der Waals surface area contributed by atoms with E-state index in [0.29, 0.717) is 16.9 Å². The van der Waals surface area contributed by atoms with Gasteiger partial charge in [0.25, 0.3) is 0 Å². The summed E-state index contributed by atoms with van der Waals surface area (Å²) in [6.07, 6.45) is 0. The first kappa shape index (κ1) is 14.0. The minimum atomic E-state index is -0.421. The van der Waals surface area contributed by atoms with Crippen LogP contribution >= 0.6 is 0 Å². The van der Waals surface area contributed by atoms with Gasteiger partial charge in [-0.25, -0.2) is 0 Å². The number of aromatic hydroxyl groups is 1. The van der Waals surface area contributed by atoms with Crippen molar-refractivity contribution in [1.82, 2.24) is 0 Å². The van der Waals surface area contributed by atoms with E-state index >= 15 is 0 Å². The van der Waals surface area contributed by atoms with Gasteiger partial charge in [0.1, 0.15) is 23.1 Å². The van der Waals surface area contributed by atoms with E-state index in [2.05, 4.69) is 6.07 Å². The van der Waals surface area contributed by atoms with Crippen LogP contribution in [0.15, 0.2) is 47.9 Å². The molecule has 4 heteroatoms. The Morgan fingerprint density at radius 2 is 1.82 bits per heavy atom. The summed E-state index contributed by atoms with van der Waals surface area (Å²) < 4.78 is 5.55. The lowest BCUT2D eigenvalue weighted by molar-refractivity contribution is 0.382. The number of hydrogen-bond donors (Lipinski definition) is 2. The van der Waals surface area contributed by atoms with Crippen molar-refractivity contribution in [2.24, 2.45) is 5.73 Å². The van der Waals surface area contributed by atoms with Gasteiger partial charge in [0.05, 0.1) is 5.92 Å². The van der Waals surface area contributed by atoms with Gasteiger partial charge in [-0.1, -0.05) is 29.8 Å². The van der Waals surface area contributed by atoms with Gasteiger partial charge in [-0.3, -0.25) is 0 Å². The molecule has 1 aliphatic heterocycles. The Labute approximate surface area is 129 Å². The van der Waals surface area contributed by atoms with Crippen molar-refractivity contribution in [2.45, 2.75) is 19.8 Å². The molecule has 0 saturated carbocycles. The number of phenolic OH excluding ortho intramolecular Hbond substituents is 1. The average molecular weight is 292 g/mol. The van der Waals surface area contributed by atoms with Gasteiger partial charge in [-0.05, 0) is 37.1 Å². The number of ether oxygens (including phenoxy) is 1. The van der Waals surface area contributed by atoms with Crippen molar-refractivity contribution in [3.8, 4) is 17.6 Å². The van der Waals surface area contributed by atoms with Crippen LogP contribution in [0.5, 0.6) is 11.5 Å². The molecule has 3 N–H and O–H groups in total. The molecule has 0 amide bonds. The third-order valence-corrected chi connectivity index (χ3v) is 3.86. The monoisotopic (exact) mass is 292 g/mol. The van der Waals surface area contributed by atoms with Gasteiger partial charge < -0.3 is 15.6 Å². The SMILES string of the molecule is Cc1ccc(C2C(C#N)=C(N)Oc3cc(C)cc(O)c32)cc1. The van der Waals surface area contributed by atoms with E-state index in [4.69, 9.17) is 10.5 Å². The maximum absolute atomic E-state index is 10.4. The van der Waals surface area contributed by atoms with E-state index in [1.54, 1.807) is 6.07 Å². The second-order valence-corrected chi connectivity index (χ2v) is 5.53. The van der Waals surface area contributed by atoms with Crippen LogP contribution in [0, 0.1) is 25.2 Å². The van der Waals surface area contributed by atoms with E-state index in [0.717, 1.165) is 16.7 Å². The van der Waals surface area contributed by atoms with Gasteiger partial charge in [0.15, 0.2) is 0 Å². The molecule has 0 aromatic heterocycles. The fourth-order valence-electron chi connectivity index (χ4n) is 2.79. The zero-order valence-electron chi connectivity index (χ0n) is 12.4. The number of hydrogen-bond acceptors (Lipinski definition) is 4. The highest BCUT2D eigenvalue weighted by molar-refractivity contribution is 5.61. The summed E-state index contributed by atoms with van der Waals surface area (Å²) in [5.41, 5.74) is 9.70. The molecule has 4 nitrogen and oxygen atoms in total. The molecule has 1 atom stereocenters. The van der Waals surface area contributed by atoms with Crippen LogP contribution in [0.25, 0.3) is 0 Å². The normalized spacial score (nSPS) is 16.7. The van der Waals surface area contributed by atoms with Crippen molar-refractivity contribution in [2.75, 3.05) is 0 Å². The number of aryl methyl sites for hydroxylation is 2. The number of allylic oxidation sites excluding steroid dienone is 1. The van der Waals surface area contributed by atoms with Crippen LogP contribution in [-0.4, -0.2) is 5.11 Å². The predicted octanol–water partition coefficient (Wildman–Crippen LogP) is 3.23. The second kappa shape index (κ2) is 5.12. The van der Waals surface area contributed by atoms with Gasteiger partial charge in [-0.2, -0.15) is 5.26 Å². The summed E-state index contributed by atoms with van der Waals surface area (Å²) in [7, 11) is 0. The van der Waals surface area contributed by atoms with E-state index in [1.165, 1.54) is 0 Å². The summed E-state index contributed by atoms with van der Waals surface area (Å²) in [6, 6.07) is 13.4. The molecular formula is C18H16N2O2. The van der Waals surface area contributed by atoms with Gasteiger partial charge >= 0.3 is 0 Å². The van der Waals surface area contributed by atoms with Crippen LogP contribution in [0.3, 0.4) is 0 Å². The Kier molecular flexibility index (Phi) is 3.26. The molecule has 0 radical (unpaired) electrons. The van der Waals surface area contributed by atoms with Crippen LogP contribution in [-0.2, 0) is 0 Å². The Morgan fingerprint density at radius 1 is 1.14 bits per heavy atom. The molecule has 2 aromatic rings. The number of phenols is 1. The third-order valence-electron chi connectivity index (χ3n) is 3.86. The quantitative estimate of drug-likeness (QED) is 0.845. The van der Waals surface area contributed by atoms with Crippen molar-refractivity contribution in [3.63, 3.8) is 0 Å². The molecule has 3 rings (SSSR count). The van der Waals surface area contributed by atoms with Crippen molar-refractivity contribution < 1.29 is 9.84 Å². The summed E-state index contributed by atoms with van der Waals surface area (Å²) in [4.78, 5) is 0. The summed E-state index contributed by atoms with van der Waals surface area (Å²) in [5, 5.41) is 19.8. The number of benzene rings is 2. The van der Waals surface area contributed by atoms with Gasteiger partial charge in [0, 0.05) is 5.56 Å². The predicted molar refractivity (Wildman–Crippen MR) is 83.3 cm³/mol. The number of nitrogens with zero attached hydrogens (tertiary/aromatic N) is 1. The van der Waals surface area contributed by atoms with Gasteiger partial charge in [-0.15, -0.1) is 0 Å². The van der Waals surface area contributed by atoms with Crippen molar-refractivity contribution >= 4 is 0 Å². The molecule has 0 saturated heterocycles. The standard InChI is InChI=1S/C18H16N2O2/c1-10-3-5-12(6-4-10)16-13(9-19)18(20)22-15-8-11(2)7-14(21)17(15)16/h3-8,16,21H,20H2,1-2H3. The molecule has 110 valence electrons. The molecule has 22 heavy (non-hydrogen) atoms. The highest BCUT2D eigenvalue weighted by atomic mass is 16.5. The highest BCUT2D eigenvalue weighted by Gasteiger charge is 2.33. The molecule has 0 fully saturated rings. The molecule has 2 aromatic carbocycles. The number of nitrogens with two attached hydrogens (primary N) is 1. The van der Waals surface area contributed by atoms with Crippen molar-refractivity contribution in [3.05, 3.63) is 70.1 Å². The fraction of sp³-hybridized carbons (Fsp3) is 0.167. The van der Waals surface area contributed by atoms with Gasteiger partial charge in [0.2, 0.25) is 5.88 Å². The van der Waals surface area contributed by atoms with Crippen LogP contribution in [0.1, 0.15) is 28.2 Å². The fourth-order valence-corrected chi connectivity index (χ4v) is 2.79. The first-order chi connectivity index (χ1) is 10.5. The number of rotatable bonds is 1. The Hall–Kier alpha value is -2.93. The van der Waals surface area contributed by atoms with Crippen LogP contribution < -0.4 is 10.5 Å². The summed E-state index contributed by atoms with van der Waals surface area (Å²) in [6.45, 7) is 3.86. The molecule has 0 bridgehead atoms. The summed E-state index contributed by atoms with van der Waals surface area (Å²) in [5.74, 6) is 0.279. The van der Waals surface area contributed by atoms with E-state index in [-0.39, 0.29) is 11.6 Å². The first-order valence-corrected chi connectivity index (χ1v) is 6.99. The molecular weight excluding hydrogens is 276 g/mol. The van der Waals surface area contributed by atoms with Crippen LogP contribution in [0.4, 0.5) is 0 Å². The number of fused-ring (bicyclic) bond motifs is 1. The third kappa shape index (κ3) is 2.17. The molecule has 1 aliphatic rings. The Bertz CT molecular complexity index is 814. The minimum Gasteiger partial charge on any atom is -0.507 e. The van der Waals surface area contributed by atoms with E-state index in [9.17, 15) is 10.4 Å². The zero-order valence-corrected chi connectivity index (χ0v) is 12.4. The maximum atomic E-state index is 10.4. The average Bonchev–Trinajstić information content (AvgIpc) is 2.46. The topological polar surface area (TPSA) is 79.3 Å². The lowest BCUT2D eigenvalue weighted by Crippen LogP contribution is -2.21. The maximum Gasteiger partial charge on any atom is 0.205 e. The second-order valence-electron chi connectivity index (χ2n) is 5.53. The number of nitriles is 1. The first-order valence-electron chi connectivity index (χ1n) is 6.99. The van der Waals surface area contributed by atoms with E-state index in [1.807, 2.05) is 44.2 Å². The van der Waals surface area contributed by atoms with Crippen LogP contribution in [0.2, 0.25) is 0 Å². The highest BCUT2D eigenvalue weighted by Crippen LogP contribution is 2.46. The smallest absolute Gasteiger partial charge is 0.205 e. The minimum absolute atomic E-state index is 0.0885. The zero-order chi connectivity index (χ0) is 15.9. The molecule has 0 spiro atoms. The lowest BCUT2D eigenvalue weighted by Gasteiger charge is -2.27. The van der Waals surface area contributed by atoms with Crippen molar-refractivity contribution in [1.29, 1.82) is 5.26 Å². The molecule has 1 unspecified atom stereocenters. The molecule has 0 aliphatic carbocycles. The molecule has 1 heterocycles. The van der Waals surface area contributed by atoms with E-state index < -0.39 is 5.92 Å². The largest absolute Gasteiger partial charge is 0.507 e. The summed E-state index contributed by atoms with van der Waals surface area (Å²) >= 11 is 0.